The van der Waals surface area contributed by atoms with E-state index in [1.807, 2.05) is 30.3 Å². The van der Waals surface area contributed by atoms with Gasteiger partial charge >= 0.3 is 0 Å². The van der Waals surface area contributed by atoms with Gasteiger partial charge in [-0.25, -0.2) is 29.3 Å². The molecule has 0 aliphatic rings. The van der Waals surface area contributed by atoms with Gasteiger partial charge in [-0.1, -0.05) is 18.2 Å². The molecular weight excluding hydrogens is 342 g/mol. The van der Waals surface area contributed by atoms with Gasteiger partial charge in [-0.2, -0.15) is 10.2 Å². The van der Waals surface area contributed by atoms with Gasteiger partial charge in [0, 0.05) is 12.4 Å². The fourth-order valence-electron chi connectivity index (χ4n) is 2.74. The first-order valence-electron chi connectivity index (χ1n) is 8.22. The average molecular weight is 355 g/mol. The molecule has 0 saturated carbocycles. The van der Waals surface area contributed by atoms with E-state index in [-0.39, 0.29) is 0 Å². The number of benzene rings is 1. The Bertz CT molecular complexity index is 1200. The Hall–Kier alpha value is -4.14. The molecule has 1 aromatic carbocycles. The number of fused-ring (bicyclic) bond motifs is 1. The highest BCUT2D eigenvalue weighted by atomic mass is 15.3. The lowest BCUT2D eigenvalue weighted by molar-refractivity contribution is 0.808. The molecule has 130 valence electrons. The highest BCUT2D eigenvalue weighted by Crippen LogP contribution is 2.24. The second-order valence-electron chi connectivity index (χ2n) is 5.70. The lowest BCUT2D eigenvalue weighted by Crippen LogP contribution is -2.00. The molecule has 0 fully saturated rings. The molecule has 0 radical (unpaired) electrons. The summed E-state index contributed by atoms with van der Waals surface area (Å²) in [5.41, 5.74) is 2.42. The third-order valence-electron chi connectivity index (χ3n) is 3.97. The van der Waals surface area contributed by atoms with Gasteiger partial charge in [-0.15, -0.1) is 0 Å². The van der Waals surface area contributed by atoms with Crippen LogP contribution in [0.3, 0.4) is 0 Å². The van der Waals surface area contributed by atoms with Crippen molar-refractivity contribution in [2.24, 2.45) is 0 Å². The van der Waals surface area contributed by atoms with Crippen LogP contribution in [0.2, 0.25) is 0 Å². The summed E-state index contributed by atoms with van der Waals surface area (Å²) in [7, 11) is 0. The molecule has 0 aliphatic carbocycles. The van der Waals surface area contributed by atoms with Crippen LogP contribution in [-0.4, -0.2) is 39.5 Å². The number of rotatable bonds is 4. The third kappa shape index (κ3) is 2.76. The molecule has 27 heavy (non-hydrogen) atoms. The maximum absolute atomic E-state index is 4.45. The van der Waals surface area contributed by atoms with Gasteiger partial charge in [-0.05, 0) is 18.2 Å². The molecule has 9 nitrogen and oxygen atoms in total. The molecule has 0 atom stereocenters. The normalized spacial score (nSPS) is 11.0. The molecular formula is C18H13N9. The summed E-state index contributed by atoms with van der Waals surface area (Å²) in [6.07, 6.45) is 10.1. The standard InChI is InChI=1S/C18H13N9/c1-2-5-14(6-3-1)27-17-15(10-24-27)16(21-12-22-17)25-13-9-23-26(11-13)18-19-7-4-8-20-18/h1-12H,(H,21,22,25). The van der Waals surface area contributed by atoms with Gasteiger partial charge in [0.2, 0.25) is 5.95 Å². The van der Waals surface area contributed by atoms with Crippen molar-refractivity contribution in [3.05, 3.63) is 73.7 Å². The van der Waals surface area contributed by atoms with Crippen molar-refractivity contribution in [2.45, 2.75) is 0 Å². The van der Waals surface area contributed by atoms with E-state index in [2.05, 4.69) is 35.5 Å². The predicted octanol–water partition coefficient (Wildman–Crippen LogP) is 2.53. The van der Waals surface area contributed by atoms with Gasteiger partial charge in [0.05, 0.1) is 35.4 Å². The Morgan fingerprint density at radius 3 is 2.52 bits per heavy atom. The smallest absolute Gasteiger partial charge is 0.250 e. The van der Waals surface area contributed by atoms with Gasteiger partial charge in [0.1, 0.15) is 12.1 Å². The first-order valence-corrected chi connectivity index (χ1v) is 8.22. The fraction of sp³-hybridized carbons (Fsp3) is 0. The van der Waals surface area contributed by atoms with Crippen molar-refractivity contribution in [1.82, 2.24) is 39.5 Å². The van der Waals surface area contributed by atoms with Crippen molar-refractivity contribution in [2.75, 3.05) is 5.32 Å². The number of aromatic nitrogens is 8. The van der Waals surface area contributed by atoms with Crippen molar-refractivity contribution < 1.29 is 0 Å². The van der Waals surface area contributed by atoms with Crippen LogP contribution in [0.25, 0.3) is 22.7 Å². The van der Waals surface area contributed by atoms with E-state index in [1.165, 1.54) is 6.33 Å². The van der Waals surface area contributed by atoms with E-state index in [9.17, 15) is 0 Å². The molecule has 1 N–H and O–H groups in total. The van der Waals surface area contributed by atoms with Crippen LogP contribution < -0.4 is 5.32 Å². The van der Waals surface area contributed by atoms with Crippen LogP contribution in [0, 0.1) is 0 Å². The minimum atomic E-state index is 0.496. The molecule has 0 saturated heterocycles. The van der Waals surface area contributed by atoms with Crippen molar-refractivity contribution >= 4 is 22.5 Å². The quantitative estimate of drug-likeness (QED) is 0.529. The summed E-state index contributed by atoms with van der Waals surface area (Å²) in [5.74, 6) is 1.14. The molecule has 5 rings (SSSR count). The highest BCUT2D eigenvalue weighted by molar-refractivity contribution is 5.88. The van der Waals surface area contributed by atoms with Gasteiger partial charge in [0.15, 0.2) is 5.65 Å². The van der Waals surface area contributed by atoms with E-state index in [4.69, 9.17) is 0 Å². The topological polar surface area (TPSA) is 99.2 Å². The molecule has 0 spiro atoms. The summed E-state index contributed by atoms with van der Waals surface area (Å²) in [6, 6.07) is 11.6. The zero-order valence-electron chi connectivity index (χ0n) is 14.0. The highest BCUT2D eigenvalue weighted by Gasteiger charge is 2.12. The first kappa shape index (κ1) is 15.1. The number of hydrogen-bond donors (Lipinski definition) is 1. The Balaban J connectivity index is 1.50. The van der Waals surface area contributed by atoms with Crippen LogP contribution >= 0.6 is 0 Å². The SMILES string of the molecule is c1ccc(-n2ncc3c(Nc4cnn(-c5ncccn5)c4)ncnc32)cc1. The van der Waals surface area contributed by atoms with Gasteiger partial charge < -0.3 is 5.32 Å². The van der Waals surface area contributed by atoms with Crippen LogP contribution in [0.1, 0.15) is 0 Å². The third-order valence-corrected chi connectivity index (χ3v) is 3.97. The molecule has 4 heterocycles. The lowest BCUT2D eigenvalue weighted by Gasteiger charge is -2.05. The minimum absolute atomic E-state index is 0.496. The Morgan fingerprint density at radius 2 is 1.67 bits per heavy atom. The van der Waals surface area contributed by atoms with Gasteiger partial charge in [0.25, 0.3) is 0 Å². The second kappa shape index (κ2) is 6.30. The van der Waals surface area contributed by atoms with E-state index >= 15 is 0 Å². The monoisotopic (exact) mass is 355 g/mol. The largest absolute Gasteiger partial charge is 0.337 e. The van der Waals surface area contributed by atoms with Crippen molar-refractivity contribution in [3.8, 4) is 11.6 Å². The summed E-state index contributed by atoms with van der Waals surface area (Å²) < 4.78 is 3.37. The van der Waals surface area contributed by atoms with E-state index < -0.39 is 0 Å². The Kier molecular flexibility index (Phi) is 3.53. The number of para-hydroxylation sites is 1. The van der Waals surface area contributed by atoms with Crippen LogP contribution in [0.5, 0.6) is 0 Å². The molecule has 5 aromatic rings. The second-order valence-corrected chi connectivity index (χ2v) is 5.70. The predicted molar refractivity (Wildman–Crippen MR) is 99.1 cm³/mol. The summed E-state index contributed by atoms with van der Waals surface area (Å²) in [5, 5.41) is 12.8. The van der Waals surface area contributed by atoms with Crippen molar-refractivity contribution in [3.63, 3.8) is 0 Å². The molecule has 0 unspecified atom stereocenters. The number of nitrogens with one attached hydrogen (secondary N) is 1. The molecule has 0 amide bonds. The van der Waals surface area contributed by atoms with Crippen LogP contribution in [0.4, 0.5) is 11.5 Å². The maximum Gasteiger partial charge on any atom is 0.250 e. The lowest BCUT2D eigenvalue weighted by atomic mass is 10.3. The Labute approximate surface area is 153 Å². The number of anilines is 2. The average Bonchev–Trinajstić information content (AvgIpc) is 3.37. The first-order chi connectivity index (χ1) is 13.4. The molecule has 4 aromatic heterocycles. The number of nitrogens with zero attached hydrogens (tertiary/aromatic N) is 8. The molecule has 0 bridgehead atoms. The van der Waals surface area contributed by atoms with Crippen LogP contribution in [-0.2, 0) is 0 Å². The Morgan fingerprint density at radius 1 is 0.815 bits per heavy atom. The molecule has 9 heteroatoms. The summed E-state index contributed by atoms with van der Waals surface area (Å²) in [6.45, 7) is 0. The number of hydrogen-bond acceptors (Lipinski definition) is 7. The summed E-state index contributed by atoms with van der Waals surface area (Å²) >= 11 is 0. The zero-order chi connectivity index (χ0) is 18.1. The minimum Gasteiger partial charge on any atom is -0.337 e. The fourth-order valence-corrected chi connectivity index (χ4v) is 2.74. The summed E-state index contributed by atoms with van der Waals surface area (Å²) in [4.78, 5) is 17.1. The maximum atomic E-state index is 4.45. The van der Waals surface area contributed by atoms with E-state index in [1.54, 1.807) is 46.4 Å². The van der Waals surface area contributed by atoms with E-state index in [0.29, 0.717) is 11.8 Å². The van der Waals surface area contributed by atoms with E-state index in [0.717, 1.165) is 22.4 Å². The zero-order valence-corrected chi connectivity index (χ0v) is 14.0. The van der Waals surface area contributed by atoms with Crippen molar-refractivity contribution in [1.29, 1.82) is 0 Å². The molecule has 0 aliphatic heterocycles. The van der Waals surface area contributed by atoms with Crippen LogP contribution in [0.15, 0.2) is 73.7 Å². The van der Waals surface area contributed by atoms with Gasteiger partial charge in [-0.3, -0.25) is 0 Å².